The zero-order chi connectivity index (χ0) is 35.0. The van der Waals surface area contributed by atoms with Crippen LogP contribution in [0.25, 0.3) is 0 Å². The molecule has 5 amide bonds. The molecule has 3 N–H and O–H groups in total. The Morgan fingerprint density at radius 3 is 2.44 bits per heavy atom. The fraction of sp³-hybridized carbons (Fsp3) is 0.649. The van der Waals surface area contributed by atoms with E-state index in [0.29, 0.717) is 0 Å². The molecule has 4 rings (SSSR count). The van der Waals surface area contributed by atoms with E-state index in [-0.39, 0.29) is 55.5 Å². The van der Waals surface area contributed by atoms with Gasteiger partial charge < -0.3 is 25.6 Å². The number of carbonyl (C=O) groups is 5. The van der Waals surface area contributed by atoms with Gasteiger partial charge in [0.1, 0.15) is 23.7 Å². The van der Waals surface area contributed by atoms with Crippen LogP contribution in [0, 0.1) is 18.3 Å². The highest BCUT2D eigenvalue weighted by molar-refractivity contribution is 5.94. The lowest BCUT2D eigenvalue weighted by atomic mass is 9.83. The van der Waals surface area contributed by atoms with Crippen molar-refractivity contribution in [2.45, 2.75) is 134 Å². The first kappa shape index (κ1) is 36.8. The summed E-state index contributed by atoms with van der Waals surface area (Å²) in [5, 5.41) is 9.17. The van der Waals surface area contributed by atoms with Crippen molar-refractivity contribution < 1.29 is 28.7 Å². The number of hydrogen-bond acceptors (Lipinski definition) is 6. The van der Waals surface area contributed by atoms with Gasteiger partial charge in [-0.25, -0.2) is 4.79 Å². The summed E-state index contributed by atoms with van der Waals surface area (Å²) < 4.78 is 5.46. The van der Waals surface area contributed by atoms with Crippen molar-refractivity contribution >= 4 is 29.7 Å². The lowest BCUT2D eigenvalue weighted by molar-refractivity contribution is -0.143. The molecule has 1 aromatic rings. The Bertz CT molecular complexity index is 1380. The molecule has 0 radical (unpaired) electrons. The second kappa shape index (κ2) is 16.4. The number of nitrogens with zero attached hydrogens (tertiary/aromatic N) is 2. The van der Waals surface area contributed by atoms with Gasteiger partial charge in [0, 0.05) is 32.5 Å². The van der Waals surface area contributed by atoms with Crippen molar-refractivity contribution in [3.8, 4) is 12.3 Å². The maximum atomic E-state index is 14.6. The summed E-state index contributed by atoms with van der Waals surface area (Å²) in [7, 11) is 1.49. The molecule has 5 atom stereocenters. The molecular weight excluding hydrogens is 610 g/mol. The molecule has 1 aliphatic heterocycles. The molecule has 0 bridgehead atoms. The zero-order valence-electron chi connectivity index (χ0n) is 29.2. The van der Waals surface area contributed by atoms with Gasteiger partial charge in [0.2, 0.25) is 23.6 Å². The molecular formula is C37H53N5O6. The third kappa shape index (κ3) is 9.51. The van der Waals surface area contributed by atoms with Gasteiger partial charge in [0.05, 0.1) is 6.04 Å². The minimum atomic E-state index is -0.911. The summed E-state index contributed by atoms with van der Waals surface area (Å²) in [6.45, 7) is 6.98. The van der Waals surface area contributed by atoms with E-state index >= 15 is 0 Å². The number of terminal acetylenes is 1. The molecule has 262 valence electrons. The van der Waals surface area contributed by atoms with E-state index in [0.717, 1.165) is 56.9 Å². The number of likely N-dealkylation sites (N-methyl/N-ethyl adjacent to an activating group) is 1. The van der Waals surface area contributed by atoms with E-state index in [1.807, 2.05) is 18.2 Å². The number of aryl methyl sites for hydroxylation is 1. The van der Waals surface area contributed by atoms with Crippen molar-refractivity contribution in [2.75, 3.05) is 13.6 Å². The first-order chi connectivity index (χ1) is 22.8. The lowest BCUT2D eigenvalue weighted by Crippen LogP contribution is -2.59. The molecule has 2 aliphatic carbocycles. The number of rotatable bonds is 10. The van der Waals surface area contributed by atoms with Crippen LogP contribution in [0.15, 0.2) is 24.3 Å². The summed E-state index contributed by atoms with van der Waals surface area (Å²) in [4.78, 5) is 70.5. The molecule has 1 aromatic carbocycles. The van der Waals surface area contributed by atoms with Crippen LogP contribution in [0.2, 0.25) is 0 Å². The van der Waals surface area contributed by atoms with Crippen LogP contribution in [-0.4, -0.2) is 82.9 Å². The van der Waals surface area contributed by atoms with Crippen molar-refractivity contribution in [1.29, 1.82) is 0 Å². The molecule has 0 aromatic heterocycles. The molecule has 3 aliphatic rings. The average molecular weight is 664 g/mol. The number of nitrogens with one attached hydrogen (secondary N) is 3. The molecule has 1 saturated heterocycles. The highest BCUT2D eigenvalue weighted by atomic mass is 16.6. The predicted molar refractivity (Wildman–Crippen MR) is 182 cm³/mol. The maximum Gasteiger partial charge on any atom is 0.410 e. The topological polar surface area (TPSA) is 137 Å². The van der Waals surface area contributed by atoms with E-state index in [1.165, 1.54) is 22.4 Å². The Balaban J connectivity index is 1.57. The van der Waals surface area contributed by atoms with Crippen LogP contribution in [0.3, 0.4) is 0 Å². The fourth-order valence-corrected chi connectivity index (χ4v) is 7.06. The number of carbonyl (C=O) groups excluding carboxylic acids is 5. The van der Waals surface area contributed by atoms with E-state index in [1.54, 1.807) is 27.7 Å². The molecule has 11 nitrogen and oxygen atoms in total. The van der Waals surface area contributed by atoms with Gasteiger partial charge in [0.25, 0.3) is 0 Å². The van der Waals surface area contributed by atoms with Gasteiger partial charge in [-0.05, 0) is 83.3 Å². The quantitative estimate of drug-likeness (QED) is 0.324. The summed E-state index contributed by atoms with van der Waals surface area (Å²) in [6, 6.07) is 4.81. The minimum Gasteiger partial charge on any atom is -0.444 e. The standard InChI is InChI=1S/C37H53N5O6/c1-7-8-21-31(43)38-27-22-30(34(45)39-29-20-14-18-25-15-12-13-19-28(25)29)42(23-27)35(46)32(26-16-10-9-11-17-26)40-33(44)24(2)41(6)36(47)48-37(3,4)5/h1,12-13,15,19,24,26-27,29-30,32H,8-11,14,16-18,20-23H2,2-6H3,(H,38,43)(H,39,45)(H,40,44)/t24-,27-,29+,30-,32-/m0/s1. The SMILES string of the molecule is C#CCCC(=O)N[C@H]1C[C@@H](C(=O)N[C@@H]2CCCc3ccccc32)N(C(=O)[C@@H](NC(=O)[C@H](C)N(C)C(=O)OC(C)(C)C)C2CCCCC2)C1. The molecule has 1 heterocycles. The summed E-state index contributed by atoms with van der Waals surface area (Å²) in [6.07, 6.45) is 12.5. The Kier molecular flexibility index (Phi) is 12.5. The molecule has 2 fully saturated rings. The van der Waals surface area contributed by atoms with Gasteiger partial charge in [-0.1, -0.05) is 43.5 Å². The van der Waals surface area contributed by atoms with Crippen LogP contribution in [0.5, 0.6) is 0 Å². The van der Waals surface area contributed by atoms with Gasteiger partial charge in [0.15, 0.2) is 0 Å². The Labute approximate surface area is 285 Å². The summed E-state index contributed by atoms with van der Waals surface area (Å²) >= 11 is 0. The Morgan fingerprint density at radius 2 is 1.75 bits per heavy atom. The maximum absolute atomic E-state index is 14.6. The smallest absolute Gasteiger partial charge is 0.410 e. The van der Waals surface area contributed by atoms with E-state index < -0.39 is 41.8 Å². The number of hydrogen-bond donors (Lipinski definition) is 3. The second-order valence-electron chi connectivity index (χ2n) is 14.5. The molecule has 0 spiro atoms. The van der Waals surface area contributed by atoms with Crippen LogP contribution in [0.4, 0.5) is 4.79 Å². The number of amides is 5. The number of likely N-dealkylation sites (tertiary alicyclic amines) is 1. The monoisotopic (exact) mass is 663 g/mol. The Hall–Kier alpha value is -4.07. The molecule has 48 heavy (non-hydrogen) atoms. The first-order valence-corrected chi connectivity index (χ1v) is 17.5. The van der Waals surface area contributed by atoms with Crippen LogP contribution in [0.1, 0.15) is 109 Å². The predicted octanol–water partition coefficient (Wildman–Crippen LogP) is 4.00. The van der Waals surface area contributed by atoms with E-state index in [4.69, 9.17) is 11.2 Å². The lowest BCUT2D eigenvalue weighted by Gasteiger charge is -2.36. The Morgan fingerprint density at radius 1 is 1.04 bits per heavy atom. The minimum absolute atomic E-state index is 0.131. The van der Waals surface area contributed by atoms with Crippen LogP contribution < -0.4 is 16.0 Å². The second-order valence-corrected chi connectivity index (χ2v) is 14.5. The highest BCUT2D eigenvalue weighted by Gasteiger charge is 2.45. The normalized spacial score (nSPS) is 22.3. The van der Waals surface area contributed by atoms with Gasteiger partial charge >= 0.3 is 6.09 Å². The van der Waals surface area contributed by atoms with Crippen molar-refractivity contribution in [2.24, 2.45) is 5.92 Å². The number of ether oxygens (including phenoxy) is 1. The third-order valence-corrected chi connectivity index (χ3v) is 9.76. The first-order valence-electron chi connectivity index (χ1n) is 17.5. The van der Waals surface area contributed by atoms with Crippen LogP contribution in [-0.2, 0) is 30.3 Å². The largest absolute Gasteiger partial charge is 0.444 e. The zero-order valence-corrected chi connectivity index (χ0v) is 29.2. The number of benzene rings is 1. The van der Waals surface area contributed by atoms with E-state index in [2.05, 4.69) is 27.9 Å². The fourth-order valence-electron chi connectivity index (χ4n) is 7.06. The van der Waals surface area contributed by atoms with Crippen molar-refractivity contribution in [3.63, 3.8) is 0 Å². The van der Waals surface area contributed by atoms with Crippen molar-refractivity contribution in [3.05, 3.63) is 35.4 Å². The molecule has 11 heteroatoms. The van der Waals surface area contributed by atoms with Crippen LogP contribution >= 0.6 is 0 Å². The van der Waals surface area contributed by atoms with Gasteiger partial charge in [-0.2, -0.15) is 0 Å². The van der Waals surface area contributed by atoms with Crippen molar-refractivity contribution in [1.82, 2.24) is 25.8 Å². The summed E-state index contributed by atoms with van der Waals surface area (Å²) in [5.41, 5.74) is 1.56. The van der Waals surface area contributed by atoms with E-state index in [9.17, 15) is 24.0 Å². The summed E-state index contributed by atoms with van der Waals surface area (Å²) in [5.74, 6) is 0.993. The highest BCUT2D eigenvalue weighted by Crippen LogP contribution is 2.32. The van der Waals surface area contributed by atoms with Gasteiger partial charge in [-0.3, -0.25) is 24.1 Å². The third-order valence-electron chi connectivity index (χ3n) is 9.76. The molecule has 0 unspecified atom stereocenters. The number of fused-ring (bicyclic) bond motifs is 1. The molecule has 1 saturated carbocycles. The van der Waals surface area contributed by atoms with Gasteiger partial charge in [-0.15, -0.1) is 12.3 Å². The average Bonchev–Trinajstić information content (AvgIpc) is 3.48.